The van der Waals surface area contributed by atoms with E-state index >= 15 is 0 Å². The Labute approximate surface area is 95.5 Å². The summed E-state index contributed by atoms with van der Waals surface area (Å²) in [5, 5.41) is 2.19. The van der Waals surface area contributed by atoms with Crippen molar-refractivity contribution >= 4 is 17.3 Å². The Morgan fingerprint density at radius 3 is 3.13 bits per heavy atom. The number of allylic oxidation sites excluding steroid dienone is 1. The first-order valence-corrected chi connectivity index (χ1v) is 6.55. The zero-order valence-corrected chi connectivity index (χ0v) is 10.1. The number of aryl methyl sites for hydroxylation is 1. The summed E-state index contributed by atoms with van der Waals surface area (Å²) in [6.45, 7) is 3.02. The SMILES string of the molecule is CSC=C(C)c1ccc2c(c1)CCCO2. The van der Waals surface area contributed by atoms with E-state index in [0.717, 1.165) is 25.2 Å². The number of fused-ring (bicyclic) bond motifs is 1. The van der Waals surface area contributed by atoms with Gasteiger partial charge in [-0.25, -0.2) is 0 Å². The van der Waals surface area contributed by atoms with Gasteiger partial charge in [-0.15, -0.1) is 11.8 Å². The van der Waals surface area contributed by atoms with Crippen LogP contribution in [-0.4, -0.2) is 12.9 Å². The Bertz CT molecular complexity index is 382. The maximum absolute atomic E-state index is 5.59. The first-order chi connectivity index (χ1) is 7.31. The average molecular weight is 220 g/mol. The highest BCUT2D eigenvalue weighted by Crippen LogP contribution is 2.28. The Kier molecular flexibility index (Phi) is 3.37. The van der Waals surface area contributed by atoms with Crippen LogP contribution in [0, 0.1) is 0 Å². The van der Waals surface area contributed by atoms with Crippen LogP contribution in [0.15, 0.2) is 23.6 Å². The molecule has 0 aromatic heterocycles. The summed E-state index contributed by atoms with van der Waals surface area (Å²) in [5.41, 5.74) is 4.00. The van der Waals surface area contributed by atoms with Crippen LogP contribution in [-0.2, 0) is 6.42 Å². The van der Waals surface area contributed by atoms with Gasteiger partial charge >= 0.3 is 0 Å². The Hall–Kier alpha value is -0.890. The van der Waals surface area contributed by atoms with Gasteiger partial charge in [-0.2, -0.15) is 0 Å². The van der Waals surface area contributed by atoms with E-state index in [1.54, 1.807) is 11.8 Å². The topological polar surface area (TPSA) is 9.23 Å². The predicted octanol–water partition coefficient (Wildman–Crippen LogP) is 3.74. The van der Waals surface area contributed by atoms with E-state index in [1.807, 2.05) is 0 Å². The molecule has 0 saturated carbocycles. The van der Waals surface area contributed by atoms with Crippen LogP contribution >= 0.6 is 11.8 Å². The molecular weight excluding hydrogens is 204 g/mol. The zero-order valence-electron chi connectivity index (χ0n) is 9.25. The van der Waals surface area contributed by atoms with Crippen LogP contribution in [0.5, 0.6) is 5.75 Å². The number of ether oxygens (including phenoxy) is 1. The summed E-state index contributed by atoms with van der Waals surface area (Å²) in [6.07, 6.45) is 4.38. The van der Waals surface area contributed by atoms with Crippen molar-refractivity contribution in [3.8, 4) is 5.75 Å². The van der Waals surface area contributed by atoms with E-state index in [1.165, 1.54) is 16.7 Å². The minimum atomic E-state index is 0.867. The minimum Gasteiger partial charge on any atom is -0.493 e. The summed E-state index contributed by atoms with van der Waals surface area (Å²) < 4.78 is 5.59. The fourth-order valence-electron chi connectivity index (χ4n) is 1.85. The number of thioether (sulfide) groups is 1. The Morgan fingerprint density at radius 2 is 2.33 bits per heavy atom. The van der Waals surface area contributed by atoms with E-state index in [4.69, 9.17) is 4.74 Å². The van der Waals surface area contributed by atoms with Gasteiger partial charge in [-0.05, 0) is 60.3 Å². The molecule has 2 rings (SSSR count). The second-order valence-electron chi connectivity index (χ2n) is 3.81. The van der Waals surface area contributed by atoms with E-state index < -0.39 is 0 Å². The molecule has 1 heterocycles. The second kappa shape index (κ2) is 4.75. The molecule has 0 aliphatic carbocycles. The van der Waals surface area contributed by atoms with Gasteiger partial charge in [0.2, 0.25) is 0 Å². The third-order valence-corrected chi connectivity index (χ3v) is 3.25. The van der Waals surface area contributed by atoms with E-state index in [9.17, 15) is 0 Å². The van der Waals surface area contributed by atoms with Crippen molar-refractivity contribution in [2.45, 2.75) is 19.8 Å². The van der Waals surface area contributed by atoms with Crippen LogP contribution in [0.1, 0.15) is 24.5 Å². The molecule has 1 aliphatic heterocycles. The van der Waals surface area contributed by atoms with E-state index in [2.05, 4.69) is 36.8 Å². The number of benzene rings is 1. The molecule has 1 aromatic rings. The van der Waals surface area contributed by atoms with Crippen molar-refractivity contribution in [2.75, 3.05) is 12.9 Å². The number of rotatable bonds is 2. The highest BCUT2D eigenvalue weighted by atomic mass is 32.2. The van der Waals surface area contributed by atoms with Crippen molar-refractivity contribution in [1.82, 2.24) is 0 Å². The molecule has 0 amide bonds. The van der Waals surface area contributed by atoms with Gasteiger partial charge in [0.05, 0.1) is 6.61 Å². The van der Waals surface area contributed by atoms with Crippen molar-refractivity contribution in [2.24, 2.45) is 0 Å². The second-order valence-corrected chi connectivity index (χ2v) is 4.52. The maximum atomic E-state index is 5.59. The quantitative estimate of drug-likeness (QED) is 0.751. The van der Waals surface area contributed by atoms with Gasteiger partial charge < -0.3 is 4.74 Å². The highest BCUT2D eigenvalue weighted by molar-refractivity contribution is 8.01. The van der Waals surface area contributed by atoms with Gasteiger partial charge in [0, 0.05) is 0 Å². The minimum absolute atomic E-state index is 0.867. The summed E-state index contributed by atoms with van der Waals surface area (Å²) >= 11 is 1.75. The van der Waals surface area contributed by atoms with Crippen LogP contribution in [0.4, 0.5) is 0 Å². The predicted molar refractivity (Wildman–Crippen MR) is 67.4 cm³/mol. The molecule has 0 bridgehead atoms. The Morgan fingerprint density at radius 1 is 1.47 bits per heavy atom. The van der Waals surface area contributed by atoms with Crippen molar-refractivity contribution in [3.63, 3.8) is 0 Å². The van der Waals surface area contributed by atoms with Crippen LogP contribution in [0.3, 0.4) is 0 Å². The van der Waals surface area contributed by atoms with E-state index in [-0.39, 0.29) is 0 Å². The average Bonchev–Trinajstić information content (AvgIpc) is 2.29. The largest absolute Gasteiger partial charge is 0.493 e. The molecule has 80 valence electrons. The molecule has 0 unspecified atom stereocenters. The molecule has 0 saturated heterocycles. The molecule has 0 atom stereocenters. The summed E-state index contributed by atoms with van der Waals surface area (Å²) in [5.74, 6) is 1.07. The normalized spacial score (nSPS) is 15.7. The summed E-state index contributed by atoms with van der Waals surface area (Å²) in [4.78, 5) is 0. The highest BCUT2D eigenvalue weighted by Gasteiger charge is 2.10. The first kappa shape index (κ1) is 10.6. The molecule has 0 N–H and O–H groups in total. The molecule has 2 heteroatoms. The zero-order chi connectivity index (χ0) is 10.7. The fraction of sp³-hybridized carbons (Fsp3) is 0.385. The lowest BCUT2D eigenvalue weighted by Crippen LogP contribution is -2.08. The maximum Gasteiger partial charge on any atom is 0.122 e. The molecule has 1 aromatic carbocycles. The monoisotopic (exact) mass is 220 g/mol. The number of hydrogen-bond donors (Lipinski definition) is 0. The lowest BCUT2D eigenvalue weighted by atomic mass is 10.0. The third-order valence-electron chi connectivity index (χ3n) is 2.66. The fourth-order valence-corrected chi connectivity index (χ4v) is 2.34. The molecule has 0 radical (unpaired) electrons. The van der Waals surface area contributed by atoms with E-state index in [0.29, 0.717) is 0 Å². The molecule has 15 heavy (non-hydrogen) atoms. The lowest BCUT2D eigenvalue weighted by Gasteiger charge is -2.18. The van der Waals surface area contributed by atoms with Gasteiger partial charge in [0.25, 0.3) is 0 Å². The molecular formula is C13H16OS. The Balaban J connectivity index is 2.31. The van der Waals surface area contributed by atoms with Crippen LogP contribution < -0.4 is 4.74 Å². The molecule has 1 nitrogen and oxygen atoms in total. The van der Waals surface area contributed by atoms with Crippen molar-refractivity contribution < 1.29 is 4.74 Å². The van der Waals surface area contributed by atoms with Crippen LogP contribution in [0.25, 0.3) is 5.57 Å². The summed E-state index contributed by atoms with van der Waals surface area (Å²) in [6, 6.07) is 6.50. The van der Waals surface area contributed by atoms with Crippen molar-refractivity contribution in [1.29, 1.82) is 0 Å². The third kappa shape index (κ3) is 2.37. The van der Waals surface area contributed by atoms with Crippen molar-refractivity contribution in [3.05, 3.63) is 34.7 Å². The smallest absolute Gasteiger partial charge is 0.122 e. The van der Waals surface area contributed by atoms with Crippen LogP contribution in [0.2, 0.25) is 0 Å². The lowest BCUT2D eigenvalue weighted by molar-refractivity contribution is 0.288. The first-order valence-electron chi connectivity index (χ1n) is 5.27. The van der Waals surface area contributed by atoms with Gasteiger partial charge in [0.15, 0.2) is 0 Å². The van der Waals surface area contributed by atoms with Gasteiger partial charge in [-0.1, -0.05) is 6.07 Å². The standard InChI is InChI=1S/C13H16OS/c1-10(9-15-2)11-5-6-13-12(8-11)4-3-7-14-13/h5-6,8-9H,3-4,7H2,1-2H3. The van der Waals surface area contributed by atoms with Gasteiger partial charge in [0.1, 0.15) is 5.75 Å². The molecule has 1 aliphatic rings. The summed E-state index contributed by atoms with van der Waals surface area (Å²) in [7, 11) is 0. The number of hydrogen-bond acceptors (Lipinski definition) is 2. The molecule has 0 spiro atoms. The molecule has 0 fully saturated rings. The van der Waals surface area contributed by atoms with Gasteiger partial charge in [-0.3, -0.25) is 0 Å².